The van der Waals surface area contributed by atoms with Gasteiger partial charge in [-0.15, -0.1) is 10.2 Å². The number of aromatic nitrogens is 8. The lowest BCUT2D eigenvalue weighted by atomic mass is 10.1. The molecule has 1 unspecified atom stereocenters. The molecule has 1 aliphatic heterocycles. The van der Waals surface area contributed by atoms with Crippen LogP contribution in [-0.2, 0) is 11.8 Å². The topological polar surface area (TPSA) is 192 Å². The number of nitrogens with one attached hydrogen (secondary N) is 1. The van der Waals surface area contributed by atoms with Crippen LogP contribution in [0.4, 0.5) is 23.4 Å². The normalized spacial score (nSPS) is 18.7. The van der Waals surface area contributed by atoms with Gasteiger partial charge in [-0.3, -0.25) is 9.59 Å². The van der Waals surface area contributed by atoms with Crippen molar-refractivity contribution < 1.29 is 37.0 Å². The number of hydrogen-bond acceptors (Lipinski definition) is 11. The molecule has 0 radical (unpaired) electrons. The van der Waals surface area contributed by atoms with Crippen LogP contribution in [0.2, 0.25) is 0 Å². The number of likely N-dealkylation sites (tertiary alicyclic amines) is 1. The Morgan fingerprint density at radius 1 is 1.21 bits per heavy atom. The smallest absolute Gasteiger partial charge is 0.426 e. The summed E-state index contributed by atoms with van der Waals surface area (Å²) in [6, 6.07) is 1.61. The number of nitrogen functional groups attached to an aromatic ring is 1. The van der Waals surface area contributed by atoms with Gasteiger partial charge in [-0.25, -0.2) is 18.9 Å². The van der Waals surface area contributed by atoms with Crippen molar-refractivity contribution in [2.75, 3.05) is 25.9 Å². The Balaban J connectivity index is 1.48. The van der Waals surface area contributed by atoms with E-state index in [1.165, 1.54) is 35.0 Å². The number of fused-ring (bicyclic) bond motifs is 1. The van der Waals surface area contributed by atoms with Gasteiger partial charge in [-0.2, -0.15) is 23.1 Å². The van der Waals surface area contributed by atoms with Crippen molar-refractivity contribution in [1.82, 2.24) is 50.0 Å². The third-order valence-electron chi connectivity index (χ3n) is 6.73. The third-order valence-corrected chi connectivity index (χ3v) is 6.73. The SMILES string of the molecule is COc1ncc(-c2c(-c3nnn(C)n3)cc3c(N)ncnn23)cc1C(=O)N[C@@H]1CN(C(=O)C(C)(O)C(F)(F)F)C[C@@H]1F. The molecular weight excluding hydrogens is 570 g/mol. The van der Waals surface area contributed by atoms with E-state index in [4.69, 9.17) is 10.5 Å². The fourth-order valence-electron chi connectivity index (χ4n) is 4.50. The Hall–Kier alpha value is -4.94. The number of methoxy groups -OCH3 is 1. The minimum atomic E-state index is -5.28. The largest absolute Gasteiger partial charge is 0.480 e. The quantitative estimate of drug-likeness (QED) is 0.258. The first-order chi connectivity index (χ1) is 19.7. The van der Waals surface area contributed by atoms with Gasteiger partial charge in [0.25, 0.3) is 11.8 Å². The number of aryl methyl sites for hydroxylation is 1. The molecule has 5 rings (SSSR count). The van der Waals surface area contributed by atoms with Gasteiger partial charge in [-0.1, -0.05) is 0 Å². The van der Waals surface area contributed by atoms with E-state index in [1.54, 1.807) is 13.1 Å². The summed E-state index contributed by atoms with van der Waals surface area (Å²) in [4.78, 5) is 35.6. The number of hydrogen-bond donors (Lipinski definition) is 3. The molecule has 4 aromatic rings. The molecule has 0 aliphatic carbocycles. The second-order valence-electron chi connectivity index (χ2n) is 9.61. The summed E-state index contributed by atoms with van der Waals surface area (Å²) < 4.78 is 60.9. The molecule has 0 saturated carbocycles. The number of aliphatic hydroxyl groups is 1. The predicted octanol–water partition coefficient (Wildman–Crippen LogP) is 0.165. The zero-order valence-electron chi connectivity index (χ0n) is 22.2. The summed E-state index contributed by atoms with van der Waals surface area (Å²) in [5.41, 5.74) is 3.62. The number of pyridine rings is 1. The predicted molar refractivity (Wildman–Crippen MR) is 134 cm³/mol. The second-order valence-corrected chi connectivity index (χ2v) is 9.61. The van der Waals surface area contributed by atoms with Crippen molar-refractivity contribution in [3.05, 3.63) is 30.2 Å². The molecule has 1 fully saturated rings. The van der Waals surface area contributed by atoms with E-state index in [0.717, 1.165) is 0 Å². The van der Waals surface area contributed by atoms with Crippen LogP contribution >= 0.6 is 0 Å². The van der Waals surface area contributed by atoms with Crippen molar-refractivity contribution in [3.63, 3.8) is 0 Å². The van der Waals surface area contributed by atoms with Crippen LogP contribution < -0.4 is 15.8 Å². The van der Waals surface area contributed by atoms with Gasteiger partial charge in [-0.05, 0) is 24.3 Å². The first kappa shape index (κ1) is 28.6. The molecule has 4 aromatic heterocycles. The minimum absolute atomic E-state index is 0.139. The molecule has 42 heavy (non-hydrogen) atoms. The fourth-order valence-corrected chi connectivity index (χ4v) is 4.50. The molecule has 1 saturated heterocycles. The number of nitrogens with zero attached hydrogens (tertiary/aromatic N) is 9. The molecule has 4 N–H and O–H groups in total. The van der Waals surface area contributed by atoms with Crippen LogP contribution in [0.1, 0.15) is 17.3 Å². The highest BCUT2D eigenvalue weighted by Gasteiger charge is 2.58. The summed E-state index contributed by atoms with van der Waals surface area (Å²) in [7, 11) is 2.82. The van der Waals surface area contributed by atoms with Crippen LogP contribution in [0.15, 0.2) is 24.7 Å². The van der Waals surface area contributed by atoms with Gasteiger partial charge in [0, 0.05) is 18.3 Å². The number of rotatable bonds is 6. The van der Waals surface area contributed by atoms with Crippen LogP contribution in [0.5, 0.6) is 5.88 Å². The Morgan fingerprint density at radius 2 is 1.95 bits per heavy atom. The zero-order chi connectivity index (χ0) is 30.6. The van der Waals surface area contributed by atoms with Crippen LogP contribution in [0, 0.1) is 0 Å². The van der Waals surface area contributed by atoms with Crippen LogP contribution in [-0.4, -0.2) is 106 Å². The van der Waals surface area contributed by atoms with Crippen molar-refractivity contribution in [2.45, 2.75) is 30.9 Å². The maximum absolute atomic E-state index is 14.8. The van der Waals surface area contributed by atoms with Crippen molar-refractivity contribution >= 4 is 23.1 Å². The highest BCUT2D eigenvalue weighted by atomic mass is 19.4. The number of ether oxygens (including phenoxy) is 1. The van der Waals surface area contributed by atoms with Gasteiger partial charge >= 0.3 is 6.18 Å². The van der Waals surface area contributed by atoms with E-state index in [9.17, 15) is 32.3 Å². The molecule has 2 amide bonds. The standard InChI is InChI=1S/C23H23F4N11O4/c1-22(41,23(25,26)27)21(40)37-7-13(24)14(8-37)32-19(39)12-4-10(6-29-20(12)42-3)16-11(18-33-35-36(2)34-18)5-15-17(28)30-9-31-38(15)16/h4-6,9,13-14,41H,7-8H2,1-3H3,(H,32,39)(H2,28,30,31)/t13-,14+,22?/m0/s1. The van der Waals surface area contributed by atoms with E-state index in [0.29, 0.717) is 27.2 Å². The maximum Gasteiger partial charge on any atom is 0.426 e. The lowest BCUT2D eigenvalue weighted by Gasteiger charge is -2.29. The van der Waals surface area contributed by atoms with E-state index in [1.807, 2.05) is 0 Å². The third kappa shape index (κ3) is 4.80. The Morgan fingerprint density at radius 3 is 2.60 bits per heavy atom. The molecule has 5 heterocycles. The van der Waals surface area contributed by atoms with Gasteiger partial charge in [0.15, 0.2) is 5.82 Å². The summed E-state index contributed by atoms with van der Waals surface area (Å²) in [5, 5.41) is 28.4. The molecule has 19 heteroatoms. The Kier molecular flexibility index (Phi) is 6.91. The summed E-state index contributed by atoms with van der Waals surface area (Å²) in [6.45, 7) is -1.10. The number of nitrogens with two attached hydrogens (primary N) is 1. The highest BCUT2D eigenvalue weighted by Crippen LogP contribution is 2.36. The molecule has 0 aromatic carbocycles. The van der Waals surface area contributed by atoms with Crippen LogP contribution in [0.3, 0.4) is 0 Å². The van der Waals surface area contributed by atoms with Crippen molar-refractivity contribution in [3.8, 4) is 28.5 Å². The van der Waals surface area contributed by atoms with E-state index in [2.05, 4.69) is 35.8 Å². The van der Waals surface area contributed by atoms with Crippen LogP contribution in [0.25, 0.3) is 28.2 Å². The molecule has 15 nitrogen and oxygen atoms in total. The number of halogens is 4. The average molecular weight is 594 g/mol. The number of alkyl halides is 4. The average Bonchev–Trinajstić information content (AvgIpc) is 3.64. The summed E-state index contributed by atoms with van der Waals surface area (Å²) in [6.07, 6.45) is -4.61. The molecule has 1 aliphatic rings. The van der Waals surface area contributed by atoms with Gasteiger partial charge in [0.1, 0.15) is 23.6 Å². The zero-order valence-corrected chi connectivity index (χ0v) is 22.2. The van der Waals surface area contributed by atoms with Gasteiger partial charge < -0.3 is 25.8 Å². The molecule has 0 spiro atoms. The number of carbonyl (C=O) groups is 2. The van der Waals surface area contributed by atoms with Crippen molar-refractivity contribution in [2.24, 2.45) is 7.05 Å². The number of carbonyl (C=O) groups excluding carboxylic acids is 2. The van der Waals surface area contributed by atoms with Gasteiger partial charge in [0.05, 0.1) is 38.0 Å². The molecule has 222 valence electrons. The van der Waals surface area contributed by atoms with E-state index < -0.39 is 48.9 Å². The van der Waals surface area contributed by atoms with Gasteiger partial charge in [0.2, 0.25) is 17.3 Å². The number of tetrazole rings is 1. The summed E-state index contributed by atoms with van der Waals surface area (Å²) >= 11 is 0. The second kappa shape index (κ2) is 10.2. The molecular formula is C23H23F4N11O4. The summed E-state index contributed by atoms with van der Waals surface area (Å²) in [5.74, 6) is -2.43. The minimum Gasteiger partial charge on any atom is -0.480 e. The monoisotopic (exact) mass is 593 g/mol. The first-order valence-electron chi connectivity index (χ1n) is 12.2. The fraction of sp³-hybridized carbons (Fsp3) is 0.391. The van der Waals surface area contributed by atoms with E-state index >= 15 is 0 Å². The maximum atomic E-state index is 14.8. The molecule has 0 bridgehead atoms. The lowest BCUT2D eigenvalue weighted by Crippen LogP contribution is -2.56. The molecule has 3 atom stereocenters. The number of amides is 2. The first-order valence-corrected chi connectivity index (χ1v) is 12.2. The Bertz CT molecular complexity index is 1690. The Labute approximate surface area is 233 Å². The van der Waals surface area contributed by atoms with Crippen molar-refractivity contribution in [1.29, 1.82) is 0 Å². The van der Waals surface area contributed by atoms with E-state index in [-0.39, 0.29) is 30.0 Å². The lowest BCUT2D eigenvalue weighted by molar-refractivity contribution is -0.249. The number of anilines is 1. The highest BCUT2D eigenvalue weighted by molar-refractivity contribution is 5.98.